The largest absolute Gasteiger partial charge is 0.354 e. The smallest absolute Gasteiger partial charge is 0.113 e. The summed E-state index contributed by atoms with van der Waals surface area (Å²) in [6.45, 7) is 2.08. The molecule has 0 saturated carbocycles. The van der Waals surface area contributed by atoms with E-state index >= 15 is 0 Å². The summed E-state index contributed by atoms with van der Waals surface area (Å²) in [5.74, 6) is 0. The predicted molar refractivity (Wildman–Crippen MR) is 93.3 cm³/mol. The van der Waals surface area contributed by atoms with Gasteiger partial charge in [-0.3, -0.25) is 0 Å². The Kier molecular flexibility index (Phi) is 3.27. The number of nitrogens with zero attached hydrogens (tertiary/aromatic N) is 3. The van der Waals surface area contributed by atoms with Gasteiger partial charge in [-0.2, -0.15) is 0 Å². The Morgan fingerprint density at radius 1 is 0.739 bits per heavy atom. The highest BCUT2D eigenvalue weighted by Crippen LogP contribution is 2.24. The quantitative estimate of drug-likeness (QED) is 0.607. The highest BCUT2D eigenvalue weighted by molar-refractivity contribution is 5.75. The molecule has 0 spiro atoms. The van der Waals surface area contributed by atoms with Gasteiger partial charge in [-0.25, -0.2) is 0 Å². The maximum Gasteiger partial charge on any atom is 0.113 e. The molecule has 0 atom stereocenters. The number of aryl methyl sites for hydroxylation is 1. The molecule has 0 fully saturated rings. The molecule has 4 rings (SSSR count). The van der Waals surface area contributed by atoms with Crippen molar-refractivity contribution in [2.45, 2.75) is 6.92 Å². The lowest BCUT2D eigenvalue weighted by atomic mass is 10.2. The molecule has 3 aromatic carbocycles. The molecular weight excluding hydrogens is 284 g/mol. The fourth-order valence-electron chi connectivity index (χ4n) is 2.51. The summed E-state index contributed by atoms with van der Waals surface area (Å²) >= 11 is 0. The molecular formula is C19H16N4. The minimum absolute atomic E-state index is 0.887. The lowest BCUT2D eigenvalue weighted by Crippen LogP contribution is -2.03. The number of aromatic nitrogens is 3. The van der Waals surface area contributed by atoms with Crippen molar-refractivity contribution in [3.8, 4) is 5.69 Å². The lowest BCUT2D eigenvalue weighted by Gasteiger charge is -2.11. The number of nitrogens with one attached hydrogen (secondary N) is 1. The number of benzene rings is 3. The average Bonchev–Trinajstić information content (AvgIpc) is 3.01. The predicted octanol–water partition coefficient (Wildman–Crippen LogP) is 4.47. The topological polar surface area (TPSA) is 42.7 Å². The lowest BCUT2D eigenvalue weighted by molar-refractivity contribution is 0.767. The van der Waals surface area contributed by atoms with Crippen LogP contribution in [0.5, 0.6) is 0 Å². The number of hydrogen-bond acceptors (Lipinski definition) is 3. The first kappa shape index (κ1) is 13.5. The standard InChI is InChI=1S/C19H16N4/c1-14-10-12-15(13-11-14)20-18-8-4-5-9-19(18)23-21-16-6-2-3-7-17(16)22-23/h2-13,20H,1H3. The summed E-state index contributed by atoms with van der Waals surface area (Å²) < 4.78 is 0. The summed E-state index contributed by atoms with van der Waals surface area (Å²) in [7, 11) is 0. The normalized spacial score (nSPS) is 10.8. The molecule has 4 nitrogen and oxygen atoms in total. The second kappa shape index (κ2) is 5.57. The monoisotopic (exact) mass is 300 g/mol. The highest BCUT2D eigenvalue weighted by Gasteiger charge is 2.08. The van der Waals surface area contributed by atoms with E-state index < -0.39 is 0 Å². The van der Waals surface area contributed by atoms with E-state index in [0.717, 1.165) is 28.1 Å². The molecule has 0 aliphatic heterocycles. The minimum Gasteiger partial charge on any atom is -0.354 e. The van der Waals surface area contributed by atoms with Crippen molar-refractivity contribution in [3.05, 3.63) is 78.4 Å². The number of anilines is 2. The molecule has 1 N–H and O–H groups in total. The Bertz CT molecular complexity index is 921. The molecule has 0 unspecified atom stereocenters. The second-order valence-corrected chi connectivity index (χ2v) is 5.49. The Morgan fingerprint density at radius 2 is 1.35 bits per heavy atom. The van der Waals surface area contributed by atoms with Crippen LogP contribution in [0.4, 0.5) is 11.4 Å². The summed E-state index contributed by atoms with van der Waals surface area (Å²) in [4.78, 5) is 1.68. The second-order valence-electron chi connectivity index (χ2n) is 5.49. The van der Waals surface area contributed by atoms with Gasteiger partial charge < -0.3 is 5.32 Å². The number of fused-ring (bicyclic) bond motifs is 1. The van der Waals surface area contributed by atoms with Gasteiger partial charge in [0.1, 0.15) is 16.7 Å². The zero-order valence-electron chi connectivity index (χ0n) is 12.8. The van der Waals surface area contributed by atoms with Crippen molar-refractivity contribution in [3.63, 3.8) is 0 Å². The summed E-state index contributed by atoms with van der Waals surface area (Å²) in [5.41, 5.74) is 5.94. The zero-order chi connectivity index (χ0) is 15.6. The third-order valence-corrected chi connectivity index (χ3v) is 3.74. The van der Waals surface area contributed by atoms with Gasteiger partial charge in [-0.15, -0.1) is 15.0 Å². The van der Waals surface area contributed by atoms with Gasteiger partial charge in [-0.1, -0.05) is 42.0 Å². The van der Waals surface area contributed by atoms with Crippen molar-refractivity contribution in [2.75, 3.05) is 5.32 Å². The van der Waals surface area contributed by atoms with Gasteiger partial charge in [-0.05, 0) is 43.3 Å². The highest BCUT2D eigenvalue weighted by atomic mass is 15.5. The Hall–Kier alpha value is -3.14. The third kappa shape index (κ3) is 2.66. The minimum atomic E-state index is 0.887. The first-order valence-electron chi connectivity index (χ1n) is 7.55. The molecule has 23 heavy (non-hydrogen) atoms. The van der Waals surface area contributed by atoms with Gasteiger partial charge >= 0.3 is 0 Å². The fraction of sp³-hybridized carbons (Fsp3) is 0.0526. The molecule has 0 aliphatic carbocycles. The first-order chi connectivity index (χ1) is 11.3. The molecule has 112 valence electrons. The zero-order valence-corrected chi connectivity index (χ0v) is 12.8. The van der Waals surface area contributed by atoms with Crippen LogP contribution in [0.1, 0.15) is 5.56 Å². The molecule has 0 aliphatic rings. The van der Waals surface area contributed by atoms with E-state index in [-0.39, 0.29) is 0 Å². The van der Waals surface area contributed by atoms with Crippen LogP contribution >= 0.6 is 0 Å². The Balaban J connectivity index is 1.75. The molecule has 0 radical (unpaired) electrons. The van der Waals surface area contributed by atoms with Crippen LogP contribution in [0.3, 0.4) is 0 Å². The Morgan fingerprint density at radius 3 is 2.04 bits per heavy atom. The van der Waals surface area contributed by atoms with Crippen molar-refractivity contribution >= 4 is 22.4 Å². The van der Waals surface area contributed by atoms with E-state index in [2.05, 4.69) is 46.7 Å². The van der Waals surface area contributed by atoms with Gasteiger partial charge in [0.15, 0.2) is 0 Å². The van der Waals surface area contributed by atoms with Gasteiger partial charge in [0.05, 0.1) is 5.69 Å². The fourth-order valence-corrected chi connectivity index (χ4v) is 2.51. The molecule has 1 heterocycles. The number of para-hydroxylation sites is 2. The molecule has 0 amide bonds. The van der Waals surface area contributed by atoms with Gasteiger partial charge in [0.2, 0.25) is 0 Å². The van der Waals surface area contributed by atoms with E-state index in [0.29, 0.717) is 0 Å². The first-order valence-corrected chi connectivity index (χ1v) is 7.55. The van der Waals surface area contributed by atoms with Crippen molar-refractivity contribution in [1.82, 2.24) is 15.0 Å². The van der Waals surface area contributed by atoms with Crippen molar-refractivity contribution < 1.29 is 0 Å². The van der Waals surface area contributed by atoms with Crippen molar-refractivity contribution in [1.29, 1.82) is 0 Å². The van der Waals surface area contributed by atoms with E-state index in [1.54, 1.807) is 4.80 Å². The van der Waals surface area contributed by atoms with E-state index in [4.69, 9.17) is 0 Å². The van der Waals surface area contributed by atoms with Crippen LogP contribution in [0, 0.1) is 6.92 Å². The molecule has 0 saturated heterocycles. The Labute approximate surface area is 134 Å². The summed E-state index contributed by atoms with van der Waals surface area (Å²) in [5, 5.41) is 12.6. The van der Waals surface area contributed by atoms with Gasteiger partial charge in [0.25, 0.3) is 0 Å². The van der Waals surface area contributed by atoms with Crippen LogP contribution in [0.15, 0.2) is 72.8 Å². The molecule has 4 heteroatoms. The van der Waals surface area contributed by atoms with E-state index in [1.165, 1.54) is 5.56 Å². The van der Waals surface area contributed by atoms with Crippen LogP contribution in [0.2, 0.25) is 0 Å². The summed E-state index contributed by atoms with van der Waals surface area (Å²) in [6.07, 6.45) is 0. The molecule has 1 aromatic heterocycles. The van der Waals surface area contributed by atoms with Gasteiger partial charge in [0, 0.05) is 5.69 Å². The maximum atomic E-state index is 4.56. The SMILES string of the molecule is Cc1ccc(Nc2ccccc2-n2nc3ccccc3n2)cc1. The third-order valence-electron chi connectivity index (χ3n) is 3.74. The van der Waals surface area contributed by atoms with Crippen LogP contribution in [-0.4, -0.2) is 15.0 Å². The van der Waals surface area contributed by atoms with E-state index in [1.807, 2.05) is 48.5 Å². The number of hydrogen-bond donors (Lipinski definition) is 1. The summed E-state index contributed by atoms with van der Waals surface area (Å²) in [6, 6.07) is 24.2. The molecule has 0 bridgehead atoms. The van der Waals surface area contributed by atoms with Crippen LogP contribution in [-0.2, 0) is 0 Å². The van der Waals surface area contributed by atoms with Crippen molar-refractivity contribution in [2.24, 2.45) is 0 Å². The van der Waals surface area contributed by atoms with Crippen LogP contribution in [0.25, 0.3) is 16.7 Å². The molecule has 4 aromatic rings. The maximum absolute atomic E-state index is 4.56. The van der Waals surface area contributed by atoms with Crippen LogP contribution < -0.4 is 5.32 Å². The average molecular weight is 300 g/mol. The number of rotatable bonds is 3. The van der Waals surface area contributed by atoms with E-state index in [9.17, 15) is 0 Å².